The molecule has 3 aliphatic heterocycles. The van der Waals surface area contributed by atoms with E-state index in [1.165, 1.54) is 17.5 Å². The van der Waals surface area contributed by atoms with Gasteiger partial charge in [-0.05, 0) is 12.8 Å². The Morgan fingerprint density at radius 1 is 1.36 bits per heavy atom. The molecule has 3 rings (SSSR count). The smallest absolute Gasteiger partial charge is 0.262 e. The van der Waals surface area contributed by atoms with Crippen LogP contribution < -0.4 is 11.5 Å². The van der Waals surface area contributed by atoms with Gasteiger partial charge in [-0.3, -0.25) is 29.1 Å². The number of nitrogens with zero attached hydrogens (tertiary/aromatic N) is 4. The Bertz CT molecular complexity index is 676. The molecular weight excluding hydrogens is 328 g/mol. The summed E-state index contributed by atoms with van der Waals surface area (Å²) >= 11 is 0. The lowest BCUT2D eigenvalue weighted by atomic mass is 9.89. The third kappa shape index (κ3) is 2.93. The van der Waals surface area contributed by atoms with Gasteiger partial charge >= 0.3 is 0 Å². The van der Waals surface area contributed by atoms with Crippen molar-refractivity contribution in [2.75, 3.05) is 13.1 Å². The summed E-state index contributed by atoms with van der Waals surface area (Å²) in [6.07, 6.45) is 3.86. The fourth-order valence-electron chi connectivity index (χ4n) is 3.35. The Labute approximate surface area is 143 Å². The second kappa shape index (κ2) is 6.36. The van der Waals surface area contributed by atoms with Gasteiger partial charge in [-0.2, -0.15) is 0 Å². The first-order valence-corrected chi connectivity index (χ1v) is 8.14. The maximum absolute atomic E-state index is 12.7. The van der Waals surface area contributed by atoms with Crippen molar-refractivity contribution in [1.29, 1.82) is 0 Å². The molecule has 4 amide bonds. The Morgan fingerprint density at radius 2 is 2.12 bits per heavy atom. The van der Waals surface area contributed by atoms with Gasteiger partial charge in [-0.1, -0.05) is 0 Å². The van der Waals surface area contributed by atoms with E-state index in [-0.39, 0.29) is 12.3 Å². The van der Waals surface area contributed by atoms with Crippen LogP contribution in [0.3, 0.4) is 0 Å². The van der Waals surface area contributed by atoms with Gasteiger partial charge in [0.05, 0.1) is 6.04 Å². The van der Waals surface area contributed by atoms with Gasteiger partial charge in [-0.25, -0.2) is 4.99 Å². The molecule has 10 nitrogen and oxygen atoms in total. The SMILES string of the molecule is NC(=O)[C@@H]1CCCN1C(=O)[C@@H](N)CC1(C(=O)N2CCC2=O)C=NC=N1. The average molecular weight is 348 g/mol. The molecule has 3 aliphatic rings. The van der Waals surface area contributed by atoms with Crippen LogP contribution in [-0.4, -0.2) is 76.7 Å². The molecule has 0 saturated carbocycles. The maximum atomic E-state index is 12.7. The lowest BCUT2D eigenvalue weighted by Gasteiger charge is -2.36. The van der Waals surface area contributed by atoms with E-state index in [1.54, 1.807) is 0 Å². The zero-order valence-electron chi connectivity index (χ0n) is 13.6. The number of amides is 4. The molecule has 0 aromatic carbocycles. The van der Waals surface area contributed by atoms with Crippen LogP contribution in [0.2, 0.25) is 0 Å². The number of primary amides is 1. The van der Waals surface area contributed by atoms with Crippen molar-refractivity contribution in [2.24, 2.45) is 21.5 Å². The molecule has 4 N–H and O–H groups in total. The van der Waals surface area contributed by atoms with Gasteiger partial charge in [0.25, 0.3) is 5.91 Å². The molecule has 0 radical (unpaired) electrons. The molecule has 1 unspecified atom stereocenters. The molecule has 0 spiro atoms. The molecule has 2 fully saturated rings. The monoisotopic (exact) mass is 348 g/mol. The summed E-state index contributed by atoms with van der Waals surface area (Å²) in [5.74, 6) is -1.85. The highest BCUT2D eigenvalue weighted by Gasteiger charge is 2.48. The Morgan fingerprint density at radius 3 is 2.64 bits per heavy atom. The van der Waals surface area contributed by atoms with Crippen molar-refractivity contribution in [2.45, 2.75) is 43.3 Å². The van der Waals surface area contributed by atoms with Gasteiger partial charge in [0, 0.05) is 32.1 Å². The number of carbonyl (C=O) groups excluding carboxylic acids is 4. The number of hydrogen-bond acceptors (Lipinski definition) is 7. The average Bonchev–Trinajstić information content (AvgIpc) is 3.22. The molecule has 134 valence electrons. The van der Waals surface area contributed by atoms with E-state index in [0.717, 1.165) is 4.90 Å². The highest BCUT2D eigenvalue weighted by atomic mass is 16.2. The molecular formula is C15H20N6O4. The predicted octanol–water partition coefficient (Wildman–Crippen LogP) is -2.21. The number of carbonyl (C=O) groups is 4. The fourth-order valence-corrected chi connectivity index (χ4v) is 3.35. The zero-order chi connectivity index (χ0) is 18.2. The van der Waals surface area contributed by atoms with Gasteiger partial charge in [0.1, 0.15) is 12.4 Å². The predicted molar refractivity (Wildman–Crippen MR) is 87.6 cm³/mol. The number of hydrogen-bond donors (Lipinski definition) is 2. The Balaban J connectivity index is 1.74. The fraction of sp³-hybridized carbons (Fsp3) is 0.600. The Kier molecular flexibility index (Phi) is 4.38. The molecule has 3 heterocycles. The molecule has 2 saturated heterocycles. The summed E-state index contributed by atoms with van der Waals surface area (Å²) in [7, 11) is 0. The number of rotatable bonds is 5. The van der Waals surface area contributed by atoms with Crippen molar-refractivity contribution < 1.29 is 19.2 Å². The van der Waals surface area contributed by atoms with Crippen molar-refractivity contribution in [3.8, 4) is 0 Å². The van der Waals surface area contributed by atoms with Crippen LogP contribution >= 0.6 is 0 Å². The maximum Gasteiger partial charge on any atom is 0.262 e. The van der Waals surface area contributed by atoms with E-state index in [2.05, 4.69) is 9.98 Å². The van der Waals surface area contributed by atoms with Gasteiger partial charge in [0.2, 0.25) is 17.7 Å². The van der Waals surface area contributed by atoms with E-state index < -0.39 is 35.3 Å². The summed E-state index contributed by atoms with van der Waals surface area (Å²) < 4.78 is 0. The lowest BCUT2D eigenvalue weighted by molar-refractivity contribution is -0.154. The second-order valence-electron chi connectivity index (χ2n) is 6.45. The number of likely N-dealkylation sites (tertiary alicyclic amines) is 2. The topological polar surface area (TPSA) is 152 Å². The minimum atomic E-state index is -1.45. The van der Waals surface area contributed by atoms with E-state index in [0.29, 0.717) is 32.4 Å². The first kappa shape index (κ1) is 17.2. The minimum absolute atomic E-state index is 0.129. The van der Waals surface area contributed by atoms with Crippen molar-refractivity contribution >= 4 is 36.2 Å². The van der Waals surface area contributed by atoms with E-state index in [1.807, 2.05) is 0 Å². The largest absolute Gasteiger partial charge is 0.368 e. The number of β-lactam (4-membered cyclic amide) rings is 1. The molecule has 3 atom stereocenters. The van der Waals surface area contributed by atoms with Gasteiger partial charge in [-0.15, -0.1) is 0 Å². The Hall–Kier alpha value is -2.62. The van der Waals surface area contributed by atoms with E-state index in [9.17, 15) is 19.2 Å². The standard InChI is InChI=1S/C15H20N6O4/c16-9(13(24)20-4-1-2-10(20)12(17)23)6-15(7-18-8-19-15)14(25)21-5-3-11(21)22/h7-10H,1-6,16H2,(H2,17,23)/t9-,10-,15?/m0/s1. The van der Waals surface area contributed by atoms with Crippen LogP contribution in [0.15, 0.2) is 9.98 Å². The van der Waals surface area contributed by atoms with Crippen LogP contribution in [0.25, 0.3) is 0 Å². The molecule has 10 heteroatoms. The normalized spacial score (nSPS) is 29.0. The number of nitrogens with two attached hydrogens (primary N) is 2. The van der Waals surface area contributed by atoms with E-state index in [4.69, 9.17) is 11.5 Å². The number of aliphatic imine (C=N–C) groups is 2. The molecule has 0 aliphatic carbocycles. The molecule has 0 aromatic rings. The van der Waals surface area contributed by atoms with Crippen LogP contribution in [0.4, 0.5) is 0 Å². The quantitative estimate of drug-likeness (QED) is 0.426. The summed E-state index contributed by atoms with van der Waals surface area (Å²) in [5, 5.41) is 0. The zero-order valence-corrected chi connectivity index (χ0v) is 13.6. The summed E-state index contributed by atoms with van der Waals surface area (Å²) in [6.45, 7) is 0.713. The molecule has 0 aromatic heterocycles. The van der Waals surface area contributed by atoms with Crippen molar-refractivity contribution in [3.05, 3.63) is 0 Å². The number of imide groups is 1. The van der Waals surface area contributed by atoms with Gasteiger partial charge in [0.15, 0.2) is 5.54 Å². The molecule has 25 heavy (non-hydrogen) atoms. The first-order chi connectivity index (χ1) is 11.9. The third-order valence-corrected chi connectivity index (χ3v) is 4.82. The van der Waals surface area contributed by atoms with Crippen LogP contribution in [0, 0.1) is 0 Å². The first-order valence-electron chi connectivity index (χ1n) is 8.14. The molecule has 0 bridgehead atoms. The second-order valence-corrected chi connectivity index (χ2v) is 6.45. The van der Waals surface area contributed by atoms with Crippen molar-refractivity contribution in [3.63, 3.8) is 0 Å². The van der Waals surface area contributed by atoms with E-state index >= 15 is 0 Å². The van der Waals surface area contributed by atoms with Crippen LogP contribution in [0.5, 0.6) is 0 Å². The summed E-state index contributed by atoms with van der Waals surface area (Å²) in [5.41, 5.74) is 9.90. The lowest BCUT2D eigenvalue weighted by Crippen LogP contribution is -2.59. The third-order valence-electron chi connectivity index (χ3n) is 4.82. The summed E-state index contributed by atoms with van der Waals surface area (Å²) in [4.78, 5) is 58.7. The van der Waals surface area contributed by atoms with Crippen LogP contribution in [-0.2, 0) is 19.2 Å². The highest BCUT2D eigenvalue weighted by molar-refractivity contribution is 6.14. The highest BCUT2D eigenvalue weighted by Crippen LogP contribution is 2.27. The minimum Gasteiger partial charge on any atom is -0.368 e. The van der Waals surface area contributed by atoms with Gasteiger partial charge < -0.3 is 16.4 Å². The summed E-state index contributed by atoms with van der Waals surface area (Å²) in [6, 6.07) is -1.75. The van der Waals surface area contributed by atoms with Crippen LogP contribution in [0.1, 0.15) is 25.7 Å². The van der Waals surface area contributed by atoms with Crippen molar-refractivity contribution in [1.82, 2.24) is 9.80 Å².